The number of carboxylic acid groups (broad SMARTS) is 1. The lowest BCUT2D eigenvalue weighted by atomic mass is 9.95. The fraction of sp³-hybridized carbons (Fsp3) is 0.259. The summed E-state index contributed by atoms with van der Waals surface area (Å²) in [5.41, 5.74) is 4.58. The van der Waals surface area contributed by atoms with E-state index in [0.717, 1.165) is 22.5 Å². The van der Waals surface area contributed by atoms with Crippen LogP contribution in [0.15, 0.2) is 66.7 Å². The minimum atomic E-state index is -0.980. The van der Waals surface area contributed by atoms with E-state index in [9.17, 15) is 19.6 Å². The Labute approximate surface area is 198 Å². The third-order valence-electron chi connectivity index (χ3n) is 6.22. The lowest BCUT2D eigenvalue weighted by molar-refractivity contribution is -0.138. The number of nitriles is 1. The van der Waals surface area contributed by atoms with Gasteiger partial charge >= 0.3 is 5.97 Å². The molecule has 0 aromatic heterocycles. The van der Waals surface area contributed by atoms with Gasteiger partial charge in [0.05, 0.1) is 34.9 Å². The van der Waals surface area contributed by atoms with Gasteiger partial charge in [0, 0.05) is 6.54 Å². The lowest BCUT2D eigenvalue weighted by Crippen LogP contribution is -2.44. The van der Waals surface area contributed by atoms with E-state index in [1.165, 1.54) is 12.1 Å². The molecule has 0 saturated carbocycles. The quantitative estimate of drug-likeness (QED) is 0.392. The average molecular weight is 459 g/mol. The standard InChI is InChI=1S/C27H27FN4O2/c1-17(27(33)34)21-12-18(13-22(28)14-21)10-11-30-25(19-6-3-2-4-7-19)24-16-31-23-9-5-8-20(15-29)26(23)32-24/h2-9,12-14,17,24-25,30-32H,10-11,16H2,1H3,(H,33,34)/t17-,24+,25+/m0/s1. The number of rotatable bonds is 8. The molecule has 1 aliphatic heterocycles. The molecule has 6 nitrogen and oxygen atoms in total. The Morgan fingerprint density at radius 3 is 2.71 bits per heavy atom. The number of fused-ring (bicyclic) bond motifs is 1. The van der Waals surface area contributed by atoms with Crippen molar-refractivity contribution < 1.29 is 14.3 Å². The zero-order chi connectivity index (χ0) is 24.1. The maximum atomic E-state index is 14.1. The second-order valence-electron chi connectivity index (χ2n) is 8.52. The highest BCUT2D eigenvalue weighted by Gasteiger charge is 2.28. The molecule has 0 aliphatic carbocycles. The first-order valence-corrected chi connectivity index (χ1v) is 11.3. The fourth-order valence-electron chi connectivity index (χ4n) is 4.34. The number of carbonyl (C=O) groups is 1. The van der Waals surface area contributed by atoms with Gasteiger partial charge in [-0.2, -0.15) is 5.26 Å². The second kappa shape index (κ2) is 10.4. The van der Waals surface area contributed by atoms with Crippen molar-refractivity contribution in [3.8, 4) is 6.07 Å². The van der Waals surface area contributed by atoms with Crippen molar-refractivity contribution in [1.29, 1.82) is 5.26 Å². The van der Waals surface area contributed by atoms with Gasteiger partial charge in [0.1, 0.15) is 11.9 Å². The summed E-state index contributed by atoms with van der Waals surface area (Å²) in [6.07, 6.45) is 0.542. The van der Waals surface area contributed by atoms with Gasteiger partial charge in [-0.3, -0.25) is 4.79 Å². The Balaban J connectivity index is 1.52. The first kappa shape index (κ1) is 23.3. The van der Waals surface area contributed by atoms with Crippen molar-refractivity contribution in [3.05, 3.63) is 94.8 Å². The van der Waals surface area contributed by atoms with Crippen molar-refractivity contribution in [2.24, 2.45) is 0 Å². The molecule has 4 rings (SSSR count). The van der Waals surface area contributed by atoms with Crippen LogP contribution >= 0.6 is 0 Å². The van der Waals surface area contributed by atoms with Gasteiger partial charge in [0.2, 0.25) is 0 Å². The highest BCUT2D eigenvalue weighted by Crippen LogP contribution is 2.33. The van der Waals surface area contributed by atoms with E-state index in [2.05, 4.69) is 34.2 Å². The molecule has 0 radical (unpaired) electrons. The summed E-state index contributed by atoms with van der Waals surface area (Å²) in [6.45, 7) is 2.78. The third kappa shape index (κ3) is 5.19. The summed E-state index contributed by atoms with van der Waals surface area (Å²) in [7, 11) is 0. The average Bonchev–Trinajstić information content (AvgIpc) is 2.85. The molecule has 4 N–H and O–H groups in total. The molecular formula is C27H27FN4O2. The van der Waals surface area contributed by atoms with Gasteiger partial charge in [-0.25, -0.2) is 4.39 Å². The van der Waals surface area contributed by atoms with Crippen molar-refractivity contribution >= 4 is 17.3 Å². The van der Waals surface area contributed by atoms with E-state index in [4.69, 9.17) is 0 Å². The van der Waals surface area contributed by atoms with Gasteiger partial charge < -0.3 is 21.1 Å². The Hall–Kier alpha value is -3.89. The number of carboxylic acids is 1. The van der Waals surface area contributed by atoms with E-state index in [0.29, 0.717) is 30.6 Å². The van der Waals surface area contributed by atoms with E-state index in [1.807, 2.05) is 30.3 Å². The number of hydrogen-bond donors (Lipinski definition) is 4. The van der Waals surface area contributed by atoms with E-state index >= 15 is 0 Å². The number of anilines is 2. The van der Waals surface area contributed by atoms with Crippen LogP contribution in [0, 0.1) is 17.1 Å². The maximum absolute atomic E-state index is 14.1. The third-order valence-corrected chi connectivity index (χ3v) is 6.22. The smallest absolute Gasteiger partial charge is 0.310 e. The van der Waals surface area contributed by atoms with Crippen LogP contribution in [0.25, 0.3) is 0 Å². The molecule has 0 spiro atoms. The fourth-order valence-corrected chi connectivity index (χ4v) is 4.34. The summed E-state index contributed by atoms with van der Waals surface area (Å²) < 4.78 is 14.1. The topological polar surface area (TPSA) is 97.2 Å². The van der Waals surface area contributed by atoms with Crippen LogP contribution < -0.4 is 16.0 Å². The van der Waals surface area contributed by atoms with E-state index < -0.39 is 17.7 Å². The molecule has 174 valence electrons. The van der Waals surface area contributed by atoms with Crippen LogP contribution in [0.4, 0.5) is 15.8 Å². The van der Waals surface area contributed by atoms with Gasteiger partial charge in [-0.05, 0) is 60.8 Å². The van der Waals surface area contributed by atoms with Gasteiger partial charge in [-0.15, -0.1) is 0 Å². The predicted octanol–water partition coefficient (Wildman–Crippen LogP) is 4.67. The minimum absolute atomic E-state index is 0.0282. The summed E-state index contributed by atoms with van der Waals surface area (Å²) in [4.78, 5) is 11.3. The Morgan fingerprint density at radius 1 is 1.18 bits per heavy atom. The van der Waals surface area contributed by atoms with Gasteiger partial charge in [0.25, 0.3) is 0 Å². The van der Waals surface area contributed by atoms with Crippen molar-refractivity contribution in [1.82, 2.24) is 5.32 Å². The summed E-state index contributed by atoms with van der Waals surface area (Å²) in [5.74, 6) is -2.18. The first-order valence-electron chi connectivity index (χ1n) is 11.3. The number of nitrogens with one attached hydrogen (secondary N) is 3. The molecule has 34 heavy (non-hydrogen) atoms. The van der Waals surface area contributed by atoms with Crippen LogP contribution in [-0.4, -0.2) is 30.2 Å². The SMILES string of the molecule is C[C@H](C(=O)O)c1cc(F)cc(CCN[C@H](c2ccccc2)[C@H]2CNc3cccc(C#N)c3N2)c1. The molecular weight excluding hydrogens is 431 g/mol. The van der Waals surface area contributed by atoms with Crippen LogP contribution in [0.1, 0.15) is 41.1 Å². The number of benzene rings is 3. The Morgan fingerprint density at radius 2 is 1.97 bits per heavy atom. The van der Waals surface area contributed by atoms with Gasteiger partial charge in [0.15, 0.2) is 0 Å². The molecule has 3 aromatic carbocycles. The number of aliphatic carboxylic acids is 1. The summed E-state index contributed by atoms with van der Waals surface area (Å²) >= 11 is 0. The number of nitrogens with zero attached hydrogens (tertiary/aromatic N) is 1. The van der Waals surface area contributed by atoms with Crippen LogP contribution in [-0.2, 0) is 11.2 Å². The first-order chi connectivity index (χ1) is 16.5. The molecule has 0 saturated heterocycles. The van der Waals surface area contributed by atoms with E-state index in [-0.39, 0.29) is 12.1 Å². The zero-order valence-corrected chi connectivity index (χ0v) is 18.9. The molecule has 3 aromatic rings. The van der Waals surface area contributed by atoms with Crippen molar-refractivity contribution in [2.45, 2.75) is 31.3 Å². The van der Waals surface area contributed by atoms with E-state index in [1.54, 1.807) is 19.1 Å². The molecule has 1 aliphatic rings. The van der Waals surface area contributed by atoms with Crippen LogP contribution in [0.3, 0.4) is 0 Å². The second-order valence-corrected chi connectivity index (χ2v) is 8.52. The largest absolute Gasteiger partial charge is 0.481 e. The highest BCUT2D eigenvalue weighted by molar-refractivity contribution is 5.77. The highest BCUT2D eigenvalue weighted by atomic mass is 19.1. The molecule has 3 atom stereocenters. The molecule has 1 heterocycles. The maximum Gasteiger partial charge on any atom is 0.310 e. The number of hydrogen-bond acceptors (Lipinski definition) is 5. The van der Waals surface area contributed by atoms with Crippen LogP contribution in [0.2, 0.25) is 0 Å². The lowest BCUT2D eigenvalue weighted by Gasteiger charge is -2.35. The summed E-state index contributed by atoms with van der Waals surface area (Å²) in [6, 6.07) is 22.3. The van der Waals surface area contributed by atoms with Gasteiger partial charge in [-0.1, -0.05) is 42.5 Å². The Kier molecular flexibility index (Phi) is 7.09. The number of halogens is 1. The van der Waals surface area contributed by atoms with Crippen LogP contribution in [0.5, 0.6) is 0 Å². The zero-order valence-electron chi connectivity index (χ0n) is 18.9. The normalized spacial score (nSPS) is 16.3. The molecule has 0 bridgehead atoms. The van der Waals surface area contributed by atoms with Crippen molar-refractivity contribution in [2.75, 3.05) is 23.7 Å². The molecule has 0 amide bonds. The minimum Gasteiger partial charge on any atom is -0.481 e. The monoisotopic (exact) mass is 458 g/mol. The van der Waals surface area contributed by atoms with Crippen molar-refractivity contribution in [3.63, 3.8) is 0 Å². The summed E-state index contributed by atoms with van der Waals surface area (Å²) in [5, 5.41) is 29.3. The predicted molar refractivity (Wildman–Crippen MR) is 130 cm³/mol. The molecule has 7 heteroatoms. The Bertz CT molecular complexity index is 1210. The molecule has 0 unspecified atom stereocenters. The number of para-hydroxylation sites is 1. The molecule has 0 fully saturated rings.